The first-order valence-electron chi connectivity index (χ1n) is 7.68. The summed E-state index contributed by atoms with van der Waals surface area (Å²) in [6.45, 7) is 7.96. The molecule has 3 nitrogen and oxygen atoms in total. The summed E-state index contributed by atoms with van der Waals surface area (Å²) >= 11 is 0. The van der Waals surface area contributed by atoms with Crippen LogP contribution in [0.2, 0.25) is 0 Å². The Balaban J connectivity index is 1.66. The third-order valence-electron chi connectivity index (χ3n) is 4.48. The molecule has 3 heteroatoms. The SMILES string of the molecule is CC(C)C1CCCC(NCC2COCCO2)CC1. The van der Waals surface area contributed by atoms with Crippen LogP contribution in [-0.2, 0) is 9.47 Å². The molecule has 0 aromatic heterocycles. The van der Waals surface area contributed by atoms with Gasteiger partial charge in [0.1, 0.15) is 0 Å². The first kappa shape index (κ1) is 14.3. The van der Waals surface area contributed by atoms with Crippen LogP contribution in [0.1, 0.15) is 46.0 Å². The molecule has 0 radical (unpaired) electrons. The lowest BCUT2D eigenvalue weighted by Crippen LogP contribution is -2.41. The summed E-state index contributed by atoms with van der Waals surface area (Å²) < 4.78 is 11.1. The average molecular weight is 255 g/mol. The lowest BCUT2D eigenvalue weighted by molar-refractivity contribution is -0.0871. The van der Waals surface area contributed by atoms with E-state index in [2.05, 4.69) is 19.2 Å². The summed E-state index contributed by atoms with van der Waals surface area (Å²) in [6, 6.07) is 0.694. The topological polar surface area (TPSA) is 30.5 Å². The van der Waals surface area contributed by atoms with Gasteiger partial charge >= 0.3 is 0 Å². The van der Waals surface area contributed by atoms with E-state index in [9.17, 15) is 0 Å². The molecule has 2 rings (SSSR count). The number of hydrogen-bond donors (Lipinski definition) is 1. The Morgan fingerprint density at radius 3 is 2.72 bits per heavy atom. The standard InChI is InChI=1S/C15H29NO2/c1-12(2)13-4-3-5-14(7-6-13)16-10-15-11-17-8-9-18-15/h12-16H,3-11H2,1-2H3. The minimum Gasteiger partial charge on any atom is -0.376 e. The lowest BCUT2D eigenvalue weighted by Gasteiger charge is -2.26. The maximum atomic E-state index is 5.67. The van der Waals surface area contributed by atoms with Crippen LogP contribution in [-0.4, -0.2) is 38.5 Å². The fourth-order valence-corrected chi connectivity index (χ4v) is 3.15. The van der Waals surface area contributed by atoms with Crippen LogP contribution in [0.15, 0.2) is 0 Å². The molecule has 1 N–H and O–H groups in total. The fourth-order valence-electron chi connectivity index (χ4n) is 3.15. The van der Waals surface area contributed by atoms with Crippen molar-refractivity contribution in [2.75, 3.05) is 26.4 Å². The number of ether oxygens (including phenoxy) is 2. The molecule has 3 unspecified atom stereocenters. The molecule has 2 fully saturated rings. The monoisotopic (exact) mass is 255 g/mol. The van der Waals surface area contributed by atoms with Crippen molar-refractivity contribution in [1.82, 2.24) is 5.32 Å². The van der Waals surface area contributed by atoms with Gasteiger partial charge in [0.2, 0.25) is 0 Å². The molecule has 106 valence electrons. The molecule has 2 aliphatic rings. The molecule has 1 aliphatic carbocycles. The van der Waals surface area contributed by atoms with Crippen LogP contribution in [0.3, 0.4) is 0 Å². The van der Waals surface area contributed by atoms with Gasteiger partial charge in [-0.2, -0.15) is 0 Å². The van der Waals surface area contributed by atoms with Crippen LogP contribution < -0.4 is 5.32 Å². The molecular formula is C15H29NO2. The van der Waals surface area contributed by atoms with Crippen LogP contribution in [0.5, 0.6) is 0 Å². The minimum absolute atomic E-state index is 0.267. The highest BCUT2D eigenvalue weighted by atomic mass is 16.6. The van der Waals surface area contributed by atoms with Crippen molar-refractivity contribution in [3.05, 3.63) is 0 Å². The van der Waals surface area contributed by atoms with Gasteiger partial charge in [-0.3, -0.25) is 0 Å². The molecule has 1 aliphatic heterocycles. The highest BCUT2D eigenvalue weighted by Gasteiger charge is 2.22. The third kappa shape index (κ3) is 4.52. The van der Waals surface area contributed by atoms with Crippen LogP contribution in [0.4, 0.5) is 0 Å². The molecule has 1 saturated heterocycles. The van der Waals surface area contributed by atoms with Gasteiger partial charge in [0.15, 0.2) is 0 Å². The Hall–Kier alpha value is -0.120. The molecule has 0 bridgehead atoms. The Kier molecular flexibility index (Phi) is 5.93. The zero-order chi connectivity index (χ0) is 12.8. The van der Waals surface area contributed by atoms with Crippen molar-refractivity contribution in [3.63, 3.8) is 0 Å². The van der Waals surface area contributed by atoms with E-state index < -0.39 is 0 Å². The predicted molar refractivity (Wildman–Crippen MR) is 73.8 cm³/mol. The number of nitrogens with one attached hydrogen (secondary N) is 1. The molecule has 3 atom stereocenters. The van der Waals surface area contributed by atoms with E-state index in [1.54, 1.807) is 0 Å². The van der Waals surface area contributed by atoms with Gasteiger partial charge in [-0.05, 0) is 31.1 Å². The summed E-state index contributed by atoms with van der Waals surface area (Å²) in [5.74, 6) is 1.78. The van der Waals surface area contributed by atoms with Gasteiger partial charge in [0, 0.05) is 12.6 Å². The van der Waals surface area contributed by atoms with Crippen molar-refractivity contribution in [3.8, 4) is 0 Å². The van der Waals surface area contributed by atoms with E-state index >= 15 is 0 Å². The highest BCUT2D eigenvalue weighted by Crippen LogP contribution is 2.28. The van der Waals surface area contributed by atoms with Gasteiger partial charge in [-0.25, -0.2) is 0 Å². The molecule has 0 amide bonds. The maximum absolute atomic E-state index is 5.67. The van der Waals surface area contributed by atoms with Crippen LogP contribution in [0.25, 0.3) is 0 Å². The van der Waals surface area contributed by atoms with Crippen LogP contribution >= 0.6 is 0 Å². The second-order valence-electron chi connectivity index (χ2n) is 6.19. The molecule has 0 aromatic rings. The van der Waals surface area contributed by atoms with E-state index in [1.807, 2.05) is 0 Å². The van der Waals surface area contributed by atoms with E-state index in [1.165, 1.54) is 32.1 Å². The van der Waals surface area contributed by atoms with Gasteiger partial charge in [0.25, 0.3) is 0 Å². The second-order valence-corrected chi connectivity index (χ2v) is 6.19. The Labute approximate surface area is 112 Å². The second kappa shape index (κ2) is 7.46. The Morgan fingerprint density at radius 2 is 2.00 bits per heavy atom. The van der Waals surface area contributed by atoms with Crippen molar-refractivity contribution >= 4 is 0 Å². The van der Waals surface area contributed by atoms with E-state index in [0.29, 0.717) is 6.04 Å². The zero-order valence-corrected chi connectivity index (χ0v) is 12.0. The average Bonchev–Trinajstić information content (AvgIpc) is 2.63. The maximum Gasteiger partial charge on any atom is 0.0933 e. The van der Waals surface area contributed by atoms with Gasteiger partial charge in [0.05, 0.1) is 25.9 Å². The summed E-state index contributed by atoms with van der Waals surface area (Å²) in [5.41, 5.74) is 0. The largest absolute Gasteiger partial charge is 0.376 e. The summed E-state index contributed by atoms with van der Waals surface area (Å²) in [6.07, 6.45) is 7.11. The fraction of sp³-hybridized carbons (Fsp3) is 1.00. The van der Waals surface area contributed by atoms with E-state index in [-0.39, 0.29) is 6.10 Å². The quantitative estimate of drug-likeness (QED) is 0.783. The van der Waals surface area contributed by atoms with Gasteiger partial charge in [-0.1, -0.05) is 26.7 Å². The number of hydrogen-bond acceptors (Lipinski definition) is 3. The van der Waals surface area contributed by atoms with Crippen molar-refractivity contribution in [1.29, 1.82) is 0 Å². The minimum atomic E-state index is 0.267. The van der Waals surface area contributed by atoms with Gasteiger partial charge < -0.3 is 14.8 Å². The predicted octanol–water partition coefficient (Wildman–Crippen LogP) is 2.60. The summed E-state index contributed by atoms with van der Waals surface area (Å²) in [4.78, 5) is 0. The molecule has 1 saturated carbocycles. The van der Waals surface area contributed by atoms with Crippen molar-refractivity contribution in [2.45, 2.75) is 58.1 Å². The first-order chi connectivity index (χ1) is 8.75. The van der Waals surface area contributed by atoms with Crippen molar-refractivity contribution < 1.29 is 9.47 Å². The molecule has 0 spiro atoms. The summed E-state index contributed by atoms with van der Waals surface area (Å²) in [5, 5.41) is 3.69. The Bertz CT molecular complexity index is 227. The third-order valence-corrected chi connectivity index (χ3v) is 4.48. The molecule has 18 heavy (non-hydrogen) atoms. The highest BCUT2D eigenvalue weighted by molar-refractivity contribution is 4.78. The molecule has 0 aromatic carbocycles. The van der Waals surface area contributed by atoms with E-state index in [4.69, 9.17) is 9.47 Å². The van der Waals surface area contributed by atoms with Crippen LogP contribution in [0, 0.1) is 11.8 Å². The van der Waals surface area contributed by atoms with Gasteiger partial charge in [-0.15, -0.1) is 0 Å². The van der Waals surface area contributed by atoms with E-state index in [0.717, 1.165) is 38.2 Å². The Morgan fingerprint density at radius 1 is 1.11 bits per heavy atom. The number of rotatable bonds is 4. The summed E-state index contributed by atoms with van der Waals surface area (Å²) in [7, 11) is 0. The molecular weight excluding hydrogens is 226 g/mol. The zero-order valence-electron chi connectivity index (χ0n) is 12.0. The smallest absolute Gasteiger partial charge is 0.0933 e. The normalized spacial score (nSPS) is 34.5. The van der Waals surface area contributed by atoms with Crippen molar-refractivity contribution in [2.24, 2.45) is 11.8 Å². The molecule has 1 heterocycles. The first-order valence-corrected chi connectivity index (χ1v) is 7.68. The lowest BCUT2D eigenvalue weighted by atomic mass is 9.89.